The maximum atomic E-state index is 12.2. The average Bonchev–Trinajstić information content (AvgIpc) is 3.26. The standard InChI is InChI=1S/C20H19N3O4/c24-19(15-3-7-17(8-4-15)23-12-1-2-13-23)21-11-14-27-18-9-5-16(6-10-18)20(25)22-26/h1-10,12-13,26H,11,14H2,(H,21,24)(H,22,25). The topological polar surface area (TPSA) is 92.6 Å². The fourth-order valence-electron chi connectivity index (χ4n) is 2.49. The van der Waals surface area contributed by atoms with E-state index in [1.165, 1.54) is 12.1 Å². The summed E-state index contributed by atoms with van der Waals surface area (Å²) in [5, 5.41) is 11.4. The minimum Gasteiger partial charge on any atom is -0.492 e. The summed E-state index contributed by atoms with van der Waals surface area (Å²) < 4.78 is 7.48. The van der Waals surface area contributed by atoms with Crippen LogP contribution in [-0.4, -0.2) is 34.7 Å². The van der Waals surface area contributed by atoms with Crippen LogP contribution in [0.3, 0.4) is 0 Å². The number of amides is 2. The van der Waals surface area contributed by atoms with E-state index in [9.17, 15) is 9.59 Å². The number of carbonyl (C=O) groups is 2. The third-order valence-corrected chi connectivity index (χ3v) is 3.91. The highest BCUT2D eigenvalue weighted by molar-refractivity contribution is 5.94. The van der Waals surface area contributed by atoms with Crippen molar-refractivity contribution in [3.63, 3.8) is 0 Å². The van der Waals surface area contributed by atoms with Gasteiger partial charge in [0.15, 0.2) is 0 Å². The number of nitrogens with one attached hydrogen (secondary N) is 2. The van der Waals surface area contributed by atoms with Crippen LogP contribution in [0.4, 0.5) is 0 Å². The zero-order valence-corrected chi connectivity index (χ0v) is 14.5. The van der Waals surface area contributed by atoms with Crippen LogP contribution in [0.1, 0.15) is 20.7 Å². The van der Waals surface area contributed by atoms with Crippen molar-refractivity contribution in [2.75, 3.05) is 13.2 Å². The molecule has 7 heteroatoms. The van der Waals surface area contributed by atoms with Crippen LogP contribution < -0.4 is 15.5 Å². The quantitative estimate of drug-likeness (QED) is 0.341. The van der Waals surface area contributed by atoms with Gasteiger partial charge in [0.2, 0.25) is 0 Å². The van der Waals surface area contributed by atoms with E-state index in [0.717, 1.165) is 5.69 Å². The van der Waals surface area contributed by atoms with Crippen LogP contribution in [0.25, 0.3) is 5.69 Å². The van der Waals surface area contributed by atoms with Crippen molar-refractivity contribution < 1.29 is 19.5 Å². The Bertz CT molecular complexity index is 888. The number of rotatable bonds is 7. The molecule has 0 saturated carbocycles. The number of hydrogen-bond acceptors (Lipinski definition) is 4. The fourth-order valence-corrected chi connectivity index (χ4v) is 2.49. The summed E-state index contributed by atoms with van der Waals surface area (Å²) in [7, 11) is 0. The van der Waals surface area contributed by atoms with Crippen LogP contribution >= 0.6 is 0 Å². The van der Waals surface area contributed by atoms with E-state index in [4.69, 9.17) is 9.94 Å². The van der Waals surface area contributed by atoms with Gasteiger partial charge in [-0.3, -0.25) is 14.8 Å². The highest BCUT2D eigenvalue weighted by atomic mass is 16.5. The molecule has 3 rings (SSSR count). The molecule has 2 aromatic carbocycles. The predicted octanol–water partition coefficient (Wildman–Crippen LogP) is 2.41. The molecular formula is C20H19N3O4. The van der Waals surface area contributed by atoms with Gasteiger partial charge in [0.05, 0.1) is 6.54 Å². The Balaban J connectivity index is 1.45. The van der Waals surface area contributed by atoms with Crippen LogP contribution in [0.2, 0.25) is 0 Å². The van der Waals surface area contributed by atoms with Crippen molar-refractivity contribution in [2.45, 2.75) is 0 Å². The number of aromatic nitrogens is 1. The monoisotopic (exact) mass is 365 g/mol. The van der Waals surface area contributed by atoms with Crippen molar-refractivity contribution in [2.24, 2.45) is 0 Å². The number of nitrogens with zero attached hydrogens (tertiary/aromatic N) is 1. The third kappa shape index (κ3) is 4.74. The van der Waals surface area contributed by atoms with E-state index in [1.807, 2.05) is 41.2 Å². The summed E-state index contributed by atoms with van der Waals surface area (Å²) in [6, 6.07) is 17.5. The first kappa shape index (κ1) is 18.2. The van der Waals surface area contributed by atoms with Gasteiger partial charge in [-0.25, -0.2) is 5.48 Å². The SMILES string of the molecule is O=C(NO)c1ccc(OCCNC(=O)c2ccc(-n3cccc3)cc2)cc1. The van der Waals surface area contributed by atoms with Crippen LogP contribution in [0.15, 0.2) is 73.1 Å². The van der Waals surface area contributed by atoms with Gasteiger partial charge in [0.25, 0.3) is 11.8 Å². The number of carbonyl (C=O) groups excluding carboxylic acids is 2. The van der Waals surface area contributed by atoms with Crippen LogP contribution in [0, 0.1) is 0 Å². The maximum absolute atomic E-state index is 12.2. The van der Waals surface area contributed by atoms with Gasteiger partial charge in [-0.2, -0.15) is 0 Å². The highest BCUT2D eigenvalue weighted by Gasteiger charge is 2.06. The lowest BCUT2D eigenvalue weighted by atomic mass is 10.2. The Hall–Kier alpha value is -3.58. The second-order valence-electron chi connectivity index (χ2n) is 5.71. The van der Waals surface area contributed by atoms with Crippen LogP contribution in [0.5, 0.6) is 5.75 Å². The minimum atomic E-state index is -0.586. The first-order valence-corrected chi connectivity index (χ1v) is 8.36. The molecule has 0 saturated heterocycles. The molecule has 3 aromatic rings. The average molecular weight is 365 g/mol. The van der Waals surface area contributed by atoms with Gasteiger partial charge in [-0.05, 0) is 60.7 Å². The van der Waals surface area contributed by atoms with Crippen LogP contribution in [-0.2, 0) is 0 Å². The Morgan fingerprint density at radius 3 is 2.11 bits per heavy atom. The lowest BCUT2D eigenvalue weighted by molar-refractivity contribution is 0.0706. The van der Waals surface area contributed by atoms with Gasteiger partial charge >= 0.3 is 0 Å². The molecule has 0 unspecified atom stereocenters. The molecule has 0 radical (unpaired) electrons. The van der Waals surface area contributed by atoms with E-state index in [-0.39, 0.29) is 5.91 Å². The number of hydrogen-bond donors (Lipinski definition) is 3. The normalized spacial score (nSPS) is 10.3. The maximum Gasteiger partial charge on any atom is 0.274 e. The number of ether oxygens (including phenoxy) is 1. The predicted molar refractivity (Wildman–Crippen MR) is 99.3 cm³/mol. The Morgan fingerprint density at radius 2 is 1.48 bits per heavy atom. The molecule has 138 valence electrons. The summed E-state index contributed by atoms with van der Waals surface area (Å²) >= 11 is 0. The van der Waals surface area contributed by atoms with E-state index >= 15 is 0 Å². The first-order chi connectivity index (χ1) is 13.2. The van der Waals surface area contributed by atoms with Gasteiger partial charge in [-0.1, -0.05) is 0 Å². The summed E-state index contributed by atoms with van der Waals surface area (Å²) in [5.41, 5.74) is 3.44. The van der Waals surface area contributed by atoms with E-state index in [1.54, 1.807) is 29.7 Å². The van der Waals surface area contributed by atoms with E-state index in [2.05, 4.69) is 5.32 Å². The van der Waals surface area contributed by atoms with Crippen molar-refractivity contribution in [3.05, 3.63) is 84.2 Å². The lowest BCUT2D eigenvalue weighted by Crippen LogP contribution is -2.28. The van der Waals surface area contributed by atoms with Crippen molar-refractivity contribution in [3.8, 4) is 11.4 Å². The number of hydroxylamine groups is 1. The zero-order valence-electron chi connectivity index (χ0n) is 14.5. The molecule has 1 aromatic heterocycles. The summed E-state index contributed by atoms with van der Waals surface area (Å²) in [6.45, 7) is 0.635. The van der Waals surface area contributed by atoms with Crippen molar-refractivity contribution in [1.82, 2.24) is 15.4 Å². The molecule has 1 heterocycles. The fraction of sp³-hybridized carbons (Fsp3) is 0.100. The largest absolute Gasteiger partial charge is 0.492 e. The molecule has 0 fully saturated rings. The van der Waals surface area contributed by atoms with Crippen molar-refractivity contribution in [1.29, 1.82) is 0 Å². The molecule has 7 nitrogen and oxygen atoms in total. The minimum absolute atomic E-state index is 0.173. The lowest BCUT2D eigenvalue weighted by Gasteiger charge is -2.09. The van der Waals surface area contributed by atoms with E-state index in [0.29, 0.717) is 30.0 Å². The van der Waals surface area contributed by atoms with Gasteiger partial charge in [0, 0.05) is 29.2 Å². The molecule has 2 amide bonds. The van der Waals surface area contributed by atoms with Gasteiger partial charge < -0.3 is 14.6 Å². The Morgan fingerprint density at radius 1 is 0.889 bits per heavy atom. The third-order valence-electron chi connectivity index (χ3n) is 3.91. The molecule has 0 atom stereocenters. The molecule has 27 heavy (non-hydrogen) atoms. The Labute approximate surface area is 156 Å². The molecule has 0 aliphatic rings. The van der Waals surface area contributed by atoms with Crippen molar-refractivity contribution >= 4 is 11.8 Å². The second kappa shape index (κ2) is 8.68. The van der Waals surface area contributed by atoms with Gasteiger partial charge in [0.1, 0.15) is 12.4 Å². The summed E-state index contributed by atoms with van der Waals surface area (Å²) in [4.78, 5) is 23.4. The molecule has 3 N–H and O–H groups in total. The molecule has 0 bridgehead atoms. The second-order valence-corrected chi connectivity index (χ2v) is 5.71. The molecule has 0 aliphatic carbocycles. The smallest absolute Gasteiger partial charge is 0.274 e. The molecular weight excluding hydrogens is 346 g/mol. The Kier molecular flexibility index (Phi) is 5.86. The number of benzene rings is 2. The zero-order chi connectivity index (χ0) is 19.1. The first-order valence-electron chi connectivity index (χ1n) is 8.36. The summed E-state index contributed by atoms with van der Waals surface area (Å²) in [5.74, 6) is -0.195. The van der Waals surface area contributed by atoms with Gasteiger partial charge in [-0.15, -0.1) is 0 Å². The molecule has 0 spiro atoms. The van der Waals surface area contributed by atoms with E-state index < -0.39 is 5.91 Å². The highest BCUT2D eigenvalue weighted by Crippen LogP contribution is 2.12. The summed E-state index contributed by atoms with van der Waals surface area (Å²) in [6.07, 6.45) is 3.88. The molecule has 0 aliphatic heterocycles.